The lowest BCUT2D eigenvalue weighted by molar-refractivity contribution is -0.157. The zero-order valence-electron chi connectivity index (χ0n) is 12.9. The number of carbonyl (C=O) groups excluding carboxylic acids is 1. The summed E-state index contributed by atoms with van der Waals surface area (Å²) in [6.45, 7) is 5.47. The van der Waals surface area contributed by atoms with Crippen molar-refractivity contribution in [2.75, 3.05) is 26.3 Å². The number of likely N-dealkylation sites (tertiary alicyclic amines) is 1. The van der Waals surface area contributed by atoms with Crippen molar-refractivity contribution >= 4 is 11.9 Å². The lowest BCUT2D eigenvalue weighted by atomic mass is 9.74. The summed E-state index contributed by atoms with van der Waals surface area (Å²) in [4.78, 5) is 26.0. The first-order valence-electron chi connectivity index (χ1n) is 7.59. The molecule has 0 aliphatic carbocycles. The summed E-state index contributed by atoms with van der Waals surface area (Å²) >= 11 is 0. The normalized spacial score (nSPS) is 28.0. The molecule has 2 aliphatic heterocycles. The van der Waals surface area contributed by atoms with Crippen molar-refractivity contribution < 1.29 is 19.4 Å². The van der Waals surface area contributed by atoms with Gasteiger partial charge in [0.1, 0.15) is 5.69 Å². The summed E-state index contributed by atoms with van der Waals surface area (Å²) in [7, 11) is 0. The molecule has 7 nitrogen and oxygen atoms in total. The second kappa shape index (κ2) is 5.39. The number of fused-ring (bicyclic) bond motifs is 1. The van der Waals surface area contributed by atoms with Crippen LogP contribution in [0.3, 0.4) is 0 Å². The third kappa shape index (κ3) is 2.29. The number of hydrogen-bond acceptors (Lipinski definition) is 4. The van der Waals surface area contributed by atoms with E-state index in [1.54, 1.807) is 21.8 Å². The molecule has 2 aliphatic rings. The highest BCUT2D eigenvalue weighted by Crippen LogP contribution is 2.42. The Morgan fingerprint density at radius 2 is 2.27 bits per heavy atom. The van der Waals surface area contributed by atoms with E-state index in [9.17, 15) is 14.7 Å². The summed E-state index contributed by atoms with van der Waals surface area (Å²) in [5.74, 6) is -1.17. The predicted octanol–water partition coefficient (Wildman–Crippen LogP) is 1.03. The molecule has 0 saturated carbocycles. The molecule has 1 aromatic heterocycles. The molecular weight excluding hydrogens is 286 g/mol. The Morgan fingerprint density at radius 3 is 2.86 bits per heavy atom. The quantitative estimate of drug-likeness (QED) is 0.901. The van der Waals surface area contributed by atoms with Gasteiger partial charge in [-0.25, -0.2) is 0 Å². The number of carboxylic acids is 1. The maximum Gasteiger partial charge on any atom is 0.311 e. The zero-order valence-corrected chi connectivity index (χ0v) is 12.9. The van der Waals surface area contributed by atoms with Crippen LogP contribution >= 0.6 is 0 Å². The molecule has 2 atom stereocenters. The van der Waals surface area contributed by atoms with Crippen LogP contribution in [0.25, 0.3) is 0 Å². The van der Waals surface area contributed by atoms with Crippen LogP contribution in [0.1, 0.15) is 36.8 Å². The maximum absolute atomic E-state index is 12.6. The second-order valence-electron chi connectivity index (χ2n) is 6.44. The van der Waals surface area contributed by atoms with Crippen molar-refractivity contribution in [2.45, 2.75) is 26.3 Å². The van der Waals surface area contributed by atoms with Crippen LogP contribution in [0.4, 0.5) is 0 Å². The average molecular weight is 307 g/mol. The van der Waals surface area contributed by atoms with Gasteiger partial charge in [0, 0.05) is 37.9 Å². The highest BCUT2D eigenvalue weighted by atomic mass is 16.5. The van der Waals surface area contributed by atoms with Gasteiger partial charge in [-0.1, -0.05) is 0 Å². The number of rotatable bonds is 3. The molecule has 0 spiro atoms. The van der Waals surface area contributed by atoms with E-state index >= 15 is 0 Å². The SMILES string of the molecule is CC(C)n1ccc(C(=O)N2C[C@H]3COCC[C@@]3(C(=O)O)C2)n1. The molecule has 120 valence electrons. The van der Waals surface area contributed by atoms with E-state index in [0.717, 1.165) is 0 Å². The Morgan fingerprint density at radius 1 is 1.50 bits per heavy atom. The fourth-order valence-electron chi connectivity index (χ4n) is 3.36. The Hall–Kier alpha value is -1.89. The fraction of sp³-hybridized carbons (Fsp3) is 0.667. The minimum Gasteiger partial charge on any atom is -0.481 e. The van der Waals surface area contributed by atoms with Crippen molar-refractivity contribution in [2.24, 2.45) is 11.3 Å². The third-order valence-electron chi connectivity index (χ3n) is 4.78. The number of ether oxygens (including phenoxy) is 1. The van der Waals surface area contributed by atoms with Gasteiger partial charge in [-0.15, -0.1) is 0 Å². The zero-order chi connectivity index (χ0) is 15.9. The van der Waals surface area contributed by atoms with Gasteiger partial charge in [-0.3, -0.25) is 14.3 Å². The Bertz CT molecular complexity index is 597. The number of nitrogens with zero attached hydrogens (tertiary/aromatic N) is 3. The van der Waals surface area contributed by atoms with Gasteiger partial charge in [0.2, 0.25) is 0 Å². The molecule has 3 heterocycles. The summed E-state index contributed by atoms with van der Waals surface area (Å²) in [6.07, 6.45) is 2.23. The second-order valence-corrected chi connectivity index (χ2v) is 6.44. The van der Waals surface area contributed by atoms with E-state index in [1.165, 1.54) is 0 Å². The van der Waals surface area contributed by atoms with E-state index < -0.39 is 11.4 Å². The average Bonchev–Trinajstić information content (AvgIpc) is 3.11. The molecule has 1 amide bonds. The lowest BCUT2D eigenvalue weighted by Crippen LogP contribution is -2.45. The Balaban J connectivity index is 1.81. The predicted molar refractivity (Wildman–Crippen MR) is 77.5 cm³/mol. The number of carbonyl (C=O) groups is 2. The van der Waals surface area contributed by atoms with Gasteiger partial charge in [0.05, 0.1) is 12.0 Å². The van der Waals surface area contributed by atoms with Crippen LogP contribution in [0.15, 0.2) is 12.3 Å². The highest BCUT2D eigenvalue weighted by molar-refractivity contribution is 5.93. The first kappa shape index (κ1) is 15.0. The summed E-state index contributed by atoms with van der Waals surface area (Å²) in [5, 5.41) is 13.9. The number of aromatic nitrogens is 2. The Labute approximate surface area is 128 Å². The summed E-state index contributed by atoms with van der Waals surface area (Å²) in [6, 6.07) is 1.87. The molecule has 22 heavy (non-hydrogen) atoms. The summed E-state index contributed by atoms with van der Waals surface area (Å²) in [5.41, 5.74) is -0.497. The van der Waals surface area contributed by atoms with E-state index in [4.69, 9.17) is 4.74 Å². The van der Waals surface area contributed by atoms with Crippen molar-refractivity contribution in [3.05, 3.63) is 18.0 Å². The molecule has 1 aromatic rings. The number of aliphatic carboxylic acids is 1. The van der Waals surface area contributed by atoms with Gasteiger partial charge in [-0.05, 0) is 26.3 Å². The molecule has 1 N–H and O–H groups in total. The van der Waals surface area contributed by atoms with Gasteiger partial charge < -0.3 is 14.7 Å². The van der Waals surface area contributed by atoms with Crippen LogP contribution in [0, 0.1) is 11.3 Å². The van der Waals surface area contributed by atoms with E-state index in [2.05, 4.69) is 5.10 Å². The minimum atomic E-state index is -0.867. The lowest BCUT2D eigenvalue weighted by Gasteiger charge is -2.33. The van der Waals surface area contributed by atoms with Crippen molar-refractivity contribution in [1.82, 2.24) is 14.7 Å². The number of hydrogen-bond donors (Lipinski definition) is 1. The largest absolute Gasteiger partial charge is 0.481 e. The molecule has 0 aromatic carbocycles. The van der Waals surface area contributed by atoms with Crippen molar-refractivity contribution in [3.63, 3.8) is 0 Å². The molecular formula is C15H21N3O4. The van der Waals surface area contributed by atoms with E-state index in [0.29, 0.717) is 31.9 Å². The van der Waals surface area contributed by atoms with Crippen molar-refractivity contribution in [3.8, 4) is 0 Å². The third-order valence-corrected chi connectivity index (χ3v) is 4.78. The molecule has 0 bridgehead atoms. The van der Waals surface area contributed by atoms with Crippen molar-refractivity contribution in [1.29, 1.82) is 0 Å². The van der Waals surface area contributed by atoms with E-state index in [-0.39, 0.29) is 24.4 Å². The first-order valence-corrected chi connectivity index (χ1v) is 7.59. The molecule has 7 heteroatoms. The number of amides is 1. The molecule has 2 fully saturated rings. The molecule has 3 rings (SSSR count). The van der Waals surface area contributed by atoms with Crippen LogP contribution in [0.5, 0.6) is 0 Å². The Kier molecular flexibility index (Phi) is 3.68. The molecule has 0 radical (unpaired) electrons. The standard InChI is InChI=1S/C15H21N3O4/c1-10(2)18-5-3-12(16-18)13(19)17-7-11-8-22-6-4-15(11,9-17)14(20)21/h3,5,10-11H,4,6-9H2,1-2H3,(H,20,21)/t11-,15+/m0/s1. The van der Waals surface area contributed by atoms with Gasteiger partial charge >= 0.3 is 5.97 Å². The minimum absolute atomic E-state index is 0.144. The maximum atomic E-state index is 12.6. The summed E-state index contributed by atoms with van der Waals surface area (Å²) < 4.78 is 7.14. The van der Waals surface area contributed by atoms with Gasteiger partial charge in [0.25, 0.3) is 5.91 Å². The number of carboxylic acid groups (broad SMARTS) is 1. The molecule has 2 saturated heterocycles. The first-order chi connectivity index (χ1) is 10.4. The molecule has 0 unspecified atom stereocenters. The van der Waals surface area contributed by atoms with Gasteiger partial charge in [-0.2, -0.15) is 5.10 Å². The highest BCUT2D eigenvalue weighted by Gasteiger charge is 2.55. The van der Waals surface area contributed by atoms with Crippen LogP contribution in [0.2, 0.25) is 0 Å². The van der Waals surface area contributed by atoms with Gasteiger partial charge in [0.15, 0.2) is 0 Å². The smallest absolute Gasteiger partial charge is 0.311 e. The monoisotopic (exact) mass is 307 g/mol. The van der Waals surface area contributed by atoms with Crippen LogP contribution in [-0.2, 0) is 9.53 Å². The fourth-order valence-corrected chi connectivity index (χ4v) is 3.36. The van der Waals surface area contributed by atoms with Crippen LogP contribution < -0.4 is 0 Å². The topological polar surface area (TPSA) is 84.7 Å². The van der Waals surface area contributed by atoms with Crippen LogP contribution in [-0.4, -0.2) is 58.0 Å². The van der Waals surface area contributed by atoms with E-state index in [1.807, 2.05) is 13.8 Å².